The van der Waals surface area contributed by atoms with E-state index in [2.05, 4.69) is 15.4 Å². The number of esters is 1. The lowest BCUT2D eigenvalue weighted by atomic mass is 10.1. The number of hydrogen-bond acceptors (Lipinski definition) is 5. The van der Waals surface area contributed by atoms with Gasteiger partial charge in [0.05, 0.1) is 12.7 Å². The predicted molar refractivity (Wildman–Crippen MR) is 104 cm³/mol. The molecule has 2 N–H and O–H groups in total. The summed E-state index contributed by atoms with van der Waals surface area (Å²) in [6, 6.07) is 11.5. The van der Waals surface area contributed by atoms with Gasteiger partial charge in [0.1, 0.15) is 18.9 Å². The van der Waals surface area contributed by atoms with Crippen LogP contribution in [0.5, 0.6) is 5.75 Å². The summed E-state index contributed by atoms with van der Waals surface area (Å²) in [6.07, 6.45) is 1.73. The standard InChI is InChI=1S/C20H17ClN2O5/c1-27-18(24)10-22-19(25)12-2-5-16(6-3-12)23-20(26)14-8-13-9-15(21)4-7-17(13)28-11-14/h2-9H,10-11H2,1H3,(H,22,25)(H,23,26). The zero-order valence-corrected chi connectivity index (χ0v) is 15.7. The molecule has 144 valence electrons. The maximum atomic E-state index is 12.5. The number of methoxy groups -OCH3 is 1. The van der Waals surface area contributed by atoms with Gasteiger partial charge in [-0.15, -0.1) is 0 Å². The summed E-state index contributed by atoms with van der Waals surface area (Å²) >= 11 is 5.98. The molecule has 1 aliphatic rings. The molecule has 1 aliphatic heterocycles. The maximum Gasteiger partial charge on any atom is 0.325 e. The highest BCUT2D eigenvalue weighted by molar-refractivity contribution is 6.30. The van der Waals surface area contributed by atoms with Gasteiger partial charge in [-0.3, -0.25) is 14.4 Å². The number of anilines is 1. The van der Waals surface area contributed by atoms with Crippen molar-refractivity contribution < 1.29 is 23.9 Å². The van der Waals surface area contributed by atoms with Crippen LogP contribution in [0, 0.1) is 0 Å². The zero-order valence-electron chi connectivity index (χ0n) is 15.0. The Morgan fingerprint density at radius 2 is 1.86 bits per heavy atom. The second kappa shape index (κ2) is 8.58. The molecule has 3 rings (SSSR count). The quantitative estimate of drug-likeness (QED) is 0.752. The Bertz CT molecular complexity index is 954. The van der Waals surface area contributed by atoms with Crippen LogP contribution in [0.1, 0.15) is 15.9 Å². The summed E-state index contributed by atoms with van der Waals surface area (Å²) in [4.78, 5) is 35.5. The van der Waals surface area contributed by atoms with Crippen molar-refractivity contribution in [2.45, 2.75) is 0 Å². The molecule has 0 unspecified atom stereocenters. The van der Waals surface area contributed by atoms with Gasteiger partial charge < -0.3 is 20.1 Å². The van der Waals surface area contributed by atoms with E-state index in [1.807, 2.05) is 0 Å². The molecule has 0 bridgehead atoms. The van der Waals surface area contributed by atoms with Gasteiger partial charge in [0.25, 0.3) is 11.8 Å². The summed E-state index contributed by atoms with van der Waals surface area (Å²) in [7, 11) is 1.24. The van der Waals surface area contributed by atoms with E-state index >= 15 is 0 Å². The number of amides is 2. The highest BCUT2D eigenvalue weighted by Crippen LogP contribution is 2.29. The number of hydrogen-bond donors (Lipinski definition) is 2. The third kappa shape index (κ3) is 4.69. The predicted octanol–water partition coefficient (Wildman–Crippen LogP) is 2.66. The fourth-order valence-corrected chi connectivity index (χ4v) is 2.70. The Morgan fingerprint density at radius 1 is 1.11 bits per heavy atom. The molecule has 0 atom stereocenters. The highest BCUT2D eigenvalue weighted by atomic mass is 35.5. The molecule has 2 aromatic rings. The Labute approximate surface area is 166 Å². The van der Waals surface area contributed by atoms with Crippen LogP contribution in [0.3, 0.4) is 0 Å². The Balaban J connectivity index is 1.63. The smallest absolute Gasteiger partial charge is 0.325 e. The lowest BCUT2D eigenvalue weighted by Gasteiger charge is -2.18. The largest absolute Gasteiger partial charge is 0.488 e. The van der Waals surface area contributed by atoms with E-state index in [-0.39, 0.29) is 19.1 Å². The normalized spacial score (nSPS) is 12.1. The zero-order chi connectivity index (χ0) is 20.1. The molecule has 0 spiro atoms. The van der Waals surface area contributed by atoms with E-state index in [9.17, 15) is 14.4 Å². The number of carbonyl (C=O) groups excluding carboxylic acids is 3. The van der Waals surface area contributed by atoms with Crippen LogP contribution in [0.4, 0.5) is 5.69 Å². The van der Waals surface area contributed by atoms with Gasteiger partial charge in [-0.25, -0.2) is 0 Å². The molecular weight excluding hydrogens is 384 g/mol. The van der Waals surface area contributed by atoms with E-state index in [0.29, 0.717) is 27.6 Å². The van der Waals surface area contributed by atoms with E-state index in [1.165, 1.54) is 7.11 Å². The lowest BCUT2D eigenvalue weighted by Crippen LogP contribution is -2.30. The van der Waals surface area contributed by atoms with Crippen LogP contribution in [-0.4, -0.2) is 38.0 Å². The first kappa shape index (κ1) is 19.4. The summed E-state index contributed by atoms with van der Waals surface area (Å²) in [6.45, 7) is -0.0675. The van der Waals surface area contributed by atoms with Crippen molar-refractivity contribution in [2.75, 3.05) is 25.6 Å². The Morgan fingerprint density at radius 3 is 2.57 bits per heavy atom. The molecule has 0 radical (unpaired) electrons. The van der Waals surface area contributed by atoms with Crippen LogP contribution in [0.25, 0.3) is 6.08 Å². The number of fused-ring (bicyclic) bond motifs is 1. The van der Waals surface area contributed by atoms with Crippen molar-refractivity contribution >= 4 is 41.1 Å². The van der Waals surface area contributed by atoms with Crippen LogP contribution in [0.2, 0.25) is 5.02 Å². The fourth-order valence-electron chi connectivity index (χ4n) is 2.52. The fraction of sp³-hybridized carbons (Fsp3) is 0.150. The van der Waals surface area contributed by atoms with Crippen molar-refractivity contribution in [1.29, 1.82) is 0 Å². The van der Waals surface area contributed by atoms with Crippen LogP contribution in [0.15, 0.2) is 48.0 Å². The number of carbonyl (C=O) groups is 3. The second-order valence-electron chi connectivity index (χ2n) is 5.93. The van der Waals surface area contributed by atoms with Crippen molar-refractivity contribution in [3.8, 4) is 5.75 Å². The highest BCUT2D eigenvalue weighted by Gasteiger charge is 2.18. The van der Waals surface area contributed by atoms with Crippen LogP contribution < -0.4 is 15.4 Å². The van der Waals surface area contributed by atoms with E-state index in [4.69, 9.17) is 16.3 Å². The summed E-state index contributed by atoms with van der Waals surface area (Å²) < 4.78 is 10.0. The molecule has 7 nitrogen and oxygen atoms in total. The van der Waals surface area contributed by atoms with E-state index in [1.54, 1.807) is 48.5 Å². The first-order valence-electron chi connectivity index (χ1n) is 8.35. The van der Waals surface area contributed by atoms with Gasteiger partial charge in [0.2, 0.25) is 0 Å². The van der Waals surface area contributed by atoms with Gasteiger partial charge in [0.15, 0.2) is 0 Å². The molecule has 28 heavy (non-hydrogen) atoms. The maximum absolute atomic E-state index is 12.5. The third-order valence-corrected chi connectivity index (χ3v) is 4.24. The molecule has 2 amide bonds. The summed E-state index contributed by atoms with van der Waals surface area (Å²) in [5.74, 6) is -0.597. The minimum Gasteiger partial charge on any atom is -0.488 e. The van der Waals surface area contributed by atoms with Crippen molar-refractivity contribution in [1.82, 2.24) is 5.32 Å². The average molecular weight is 401 g/mol. The molecule has 0 aromatic heterocycles. The number of nitrogens with one attached hydrogen (secondary N) is 2. The number of rotatable bonds is 5. The topological polar surface area (TPSA) is 93.7 Å². The third-order valence-electron chi connectivity index (χ3n) is 4.00. The Kier molecular flexibility index (Phi) is 5.96. The number of ether oxygens (including phenoxy) is 2. The van der Waals surface area contributed by atoms with Crippen molar-refractivity contribution in [3.05, 3.63) is 64.2 Å². The SMILES string of the molecule is COC(=O)CNC(=O)c1ccc(NC(=O)C2=Cc3cc(Cl)ccc3OC2)cc1. The lowest BCUT2D eigenvalue weighted by molar-refractivity contribution is -0.139. The van der Waals surface area contributed by atoms with Gasteiger partial charge >= 0.3 is 5.97 Å². The van der Waals surface area contributed by atoms with E-state index < -0.39 is 11.9 Å². The summed E-state index contributed by atoms with van der Waals surface area (Å²) in [5.41, 5.74) is 2.06. The van der Waals surface area contributed by atoms with Crippen molar-refractivity contribution in [2.24, 2.45) is 0 Å². The molecule has 8 heteroatoms. The van der Waals surface area contributed by atoms with E-state index in [0.717, 1.165) is 5.56 Å². The van der Waals surface area contributed by atoms with Crippen LogP contribution in [-0.2, 0) is 14.3 Å². The molecule has 0 fully saturated rings. The number of halogens is 1. The van der Waals surface area contributed by atoms with Gasteiger partial charge in [0, 0.05) is 21.8 Å². The first-order chi connectivity index (χ1) is 13.5. The molecule has 0 aliphatic carbocycles. The molecule has 0 saturated heterocycles. The minimum atomic E-state index is -0.539. The summed E-state index contributed by atoms with van der Waals surface area (Å²) in [5, 5.41) is 5.75. The average Bonchev–Trinajstić information content (AvgIpc) is 2.71. The number of benzene rings is 2. The molecule has 1 heterocycles. The van der Waals surface area contributed by atoms with Crippen LogP contribution >= 0.6 is 11.6 Å². The van der Waals surface area contributed by atoms with Crippen molar-refractivity contribution in [3.63, 3.8) is 0 Å². The molecular formula is C20H17ClN2O5. The first-order valence-corrected chi connectivity index (χ1v) is 8.73. The van der Waals surface area contributed by atoms with Gasteiger partial charge in [-0.1, -0.05) is 11.6 Å². The minimum absolute atomic E-state index is 0.147. The second-order valence-corrected chi connectivity index (χ2v) is 6.37. The van der Waals surface area contributed by atoms with Gasteiger partial charge in [-0.2, -0.15) is 0 Å². The monoisotopic (exact) mass is 400 g/mol. The Hall–Kier alpha value is -3.32. The van der Waals surface area contributed by atoms with Gasteiger partial charge in [-0.05, 0) is 48.5 Å². The molecule has 0 saturated carbocycles. The molecule has 2 aromatic carbocycles.